The Labute approximate surface area is 179 Å². The number of carbonyl (C=O) groups excluding carboxylic acids is 1. The van der Waals surface area contributed by atoms with E-state index in [0.29, 0.717) is 35.9 Å². The van der Waals surface area contributed by atoms with E-state index in [1.807, 2.05) is 4.90 Å². The van der Waals surface area contributed by atoms with E-state index in [1.165, 1.54) is 10.3 Å². The van der Waals surface area contributed by atoms with Gasteiger partial charge < -0.3 is 24.0 Å². The molecule has 0 saturated carbocycles. The van der Waals surface area contributed by atoms with Crippen molar-refractivity contribution in [3.8, 4) is 17.2 Å². The van der Waals surface area contributed by atoms with E-state index in [4.69, 9.17) is 19.2 Å². The maximum Gasteiger partial charge on any atom is 0.254 e. The number of fused-ring (bicyclic) bond motifs is 1. The Morgan fingerprint density at radius 2 is 1.63 bits per heavy atom. The summed E-state index contributed by atoms with van der Waals surface area (Å²) in [7, 11) is 4.64. The molecule has 8 heteroatoms. The molecule has 1 amide bonds. The van der Waals surface area contributed by atoms with E-state index in [9.17, 15) is 4.79 Å². The molecule has 7 nitrogen and oxygen atoms in total. The fourth-order valence-electron chi connectivity index (χ4n) is 3.64. The Morgan fingerprint density at radius 1 is 0.967 bits per heavy atom. The maximum atomic E-state index is 13.1. The number of rotatable bonds is 5. The van der Waals surface area contributed by atoms with Crippen LogP contribution in [0.2, 0.25) is 0 Å². The molecule has 3 aromatic rings. The standard InChI is InChI=1S/C22H25N3O4S/c1-14-5-6-16-19(11-14)30-22(23-16)25-9-7-24(8-10-25)21(26)15-12-17(27-2)20(29-4)18(13-15)28-3/h5-6,11-13H,7-10H2,1-4H3. The van der Waals surface area contributed by atoms with E-state index < -0.39 is 0 Å². The zero-order valence-corrected chi connectivity index (χ0v) is 18.4. The van der Waals surface area contributed by atoms with Gasteiger partial charge in [0.25, 0.3) is 5.91 Å². The van der Waals surface area contributed by atoms with Crippen LogP contribution in [-0.2, 0) is 0 Å². The first-order valence-electron chi connectivity index (χ1n) is 9.75. The number of nitrogens with zero attached hydrogens (tertiary/aromatic N) is 3. The Balaban J connectivity index is 1.49. The second-order valence-corrected chi connectivity index (χ2v) is 8.17. The van der Waals surface area contributed by atoms with Crippen molar-refractivity contribution in [2.75, 3.05) is 52.4 Å². The Hall–Kier alpha value is -3.00. The van der Waals surface area contributed by atoms with E-state index in [-0.39, 0.29) is 5.91 Å². The van der Waals surface area contributed by atoms with Crippen molar-refractivity contribution in [3.05, 3.63) is 41.5 Å². The van der Waals surface area contributed by atoms with Gasteiger partial charge in [-0.05, 0) is 36.8 Å². The first kappa shape index (κ1) is 20.3. The molecule has 0 spiro atoms. The summed E-state index contributed by atoms with van der Waals surface area (Å²) < 4.78 is 17.3. The minimum atomic E-state index is -0.0474. The number of carbonyl (C=O) groups is 1. The summed E-state index contributed by atoms with van der Waals surface area (Å²) >= 11 is 1.70. The molecule has 1 aliphatic rings. The lowest BCUT2D eigenvalue weighted by Gasteiger charge is -2.34. The Kier molecular flexibility index (Phi) is 5.67. The van der Waals surface area contributed by atoms with Crippen molar-refractivity contribution < 1.29 is 19.0 Å². The zero-order chi connectivity index (χ0) is 21.3. The highest BCUT2D eigenvalue weighted by atomic mass is 32.1. The van der Waals surface area contributed by atoms with Crippen LogP contribution in [0.5, 0.6) is 17.2 Å². The molecule has 158 valence electrons. The van der Waals surface area contributed by atoms with Gasteiger partial charge in [0, 0.05) is 31.7 Å². The third kappa shape index (κ3) is 3.75. The highest BCUT2D eigenvalue weighted by Crippen LogP contribution is 2.38. The number of amides is 1. The predicted octanol–water partition coefficient (Wildman–Crippen LogP) is 3.59. The molecule has 1 saturated heterocycles. The van der Waals surface area contributed by atoms with Crippen molar-refractivity contribution in [1.82, 2.24) is 9.88 Å². The van der Waals surface area contributed by atoms with Crippen LogP contribution in [-0.4, -0.2) is 63.3 Å². The molecule has 0 unspecified atom stereocenters. The molecular weight excluding hydrogens is 402 g/mol. The molecule has 4 rings (SSSR count). The number of aryl methyl sites for hydroxylation is 1. The average molecular weight is 428 g/mol. The zero-order valence-electron chi connectivity index (χ0n) is 17.6. The highest BCUT2D eigenvalue weighted by molar-refractivity contribution is 7.22. The first-order valence-corrected chi connectivity index (χ1v) is 10.6. The van der Waals surface area contributed by atoms with E-state index in [1.54, 1.807) is 44.8 Å². The van der Waals surface area contributed by atoms with Crippen LogP contribution in [0.15, 0.2) is 30.3 Å². The molecule has 0 atom stereocenters. The molecule has 2 heterocycles. The number of benzene rings is 2. The first-order chi connectivity index (χ1) is 14.5. The van der Waals surface area contributed by atoms with Gasteiger partial charge in [-0.15, -0.1) is 0 Å². The van der Waals surface area contributed by atoms with Gasteiger partial charge in [-0.3, -0.25) is 4.79 Å². The predicted molar refractivity (Wildman–Crippen MR) is 119 cm³/mol. The number of aromatic nitrogens is 1. The summed E-state index contributed by atoms with van der Waals surface area (Å²) in [5, 5.41) is 1.01. The third-order valence-corrected chi connectivity index (χ3v) is 6.36. The quantitative estimate of drug-likeness (QED) is 0.620. The third-order valence-electron chi connectivity index (χ3n) is 5.28. The molecular formula is C22H25N3O4S. The van der Waals surface area contributed by atoms with Gasteiger partial charge in [0.1, 0.15) is 0 Å². The van der Waals surface area contributed by atoms with Crippen LogP contribution in [0.25, 0.3) is 10.2 Å². The minimum absolute atomic E-state index is 0.0474. The smallest absolute Gasteiger partial charge is 0.254 e. The van der Waals surface area contributed by atoms with Gasteiger partial charge in [0.05, 0.1) is 31.5 Å². The van der Waals surface area contributed by atoms with Crippen molar-refractivity contribution in [2.45, 2.75) is 6.92 Å². The average Bonchev–Trinajstić information content (AvgIpc) is 3.20. The Morgan fingerprint density at radius 3 is 2.23 bits per heavy atom. The molecule has 1 fully saturated rings. The topological polar surface area (TPSA) is 64.1 Å². The van der Waals surface area contributed by atoms with E-state index in [0.717, 1.165) is 23.7 Å². The molecule has 1 aromatic heterocycles. The van der Waals surface area contributed by atoms with Crippen LogP contribution in [0.1, 0.15) is 15.9 Å². The van der Waals surface area contributed by atoms with Crippen LogP contribution in [0.4, 0.5) is 5.13 Å². The van der Waals surface area contributed by atoms with E-state index in [2.05, 4.69) is 30.0 Å². The van der Waals surface area contributed by atoms with Crippen molar-refractivity contribution >= 4 is 32.6 Å². The number of thiazole rings is 1. The molecule has 1 aliphatic heterocycles. The lowest BCUT2D eigenvalue weighted by molar-refractivity contribution is 0.0746. The monoisotopic (exact) mass is 427 g/mol. The largest absolute Gasteiger partial charge is 0.493 e. The summed E-state index contributed by atoms with van der Waals surface area (Å²) in [5.41, 5.74) is 2.78. The molecule has 0 N–H and O–H groups in total. The summed E-state index contributed by atoms with van der Waals surface area (Å²) in [4.78, 5) is 22.0. The molecule has 0 bridgehead atoms. The number of anilines is 1. The summed E-state index contributed by atoms with van der Waals surface area (Å²) in [6, 6.07) is 9.72. The second kappa shape index (κ2) is 8.39. The van der Waals surface area contributed by atoms with Gasteiger partial charge in [0.15, 0.2) is 16.6 Å². The lowest BCUT2D eigenvalue weighted by Crippen LogP contribution is -2.48. The number of methoxy groups -OCH3 is 3. The van der Waals surface area contributed by atoms with Gasteiger partial charge in [-0.2, -0.15) is 0 Å². The summed E-state index contributed by atoms with van der Waals surface area (Å²) in [5.74, 6) is 1.38. The van der Waals surface area contributed by atoms with Gasteiger partial charge >= 0.3 is 0 Å². The van der Waals surface area contributed by atoms with Crippen LogP contribution in [0.3, 0.4) is 0 Å². The molecule has 2 aromatic carbocycles. The van der Waals surface area contributed by atoms with Gasteiger partial charge in [-0.25, -0.2) is 4.98 Å². The minimum Gasteiger partial charge on any atom is -0.493 e. The second-order valence-electron chi connectivity index (χ2n) is 7.16. The van der Waals surface area contributed by atoms with Crippen molar-refractivity contribution in [3.63, 3.8) is 0 Å². The van der Waals surface area contributed by atoms with Crippen LogP contribution < -0.4 is 19.1 Å². The number of ether oxygens (including phenoxy) is 3. The highest BCUT2D eigenvalue weighted by Gasteiger charge is 2.26. The summed E-state index contributed by atoms with van der Waals surface area (Å²) in [6.07, 6.45) is 0. The van der Waals surface area contributed by atoms with E-state index >= 15 is 0 Å². The number of piperazine rings is 1. The lowest BCUT2D eigenvalue weighted by atomic mass is 10.1. The SMILES string of the molecule is COc1cc(C(=O)N2CCN(c3nc4ccc(C)cc4s3)CC2)cc(OC)c1OC. The normalized spacial score (nSPS) is 14.1. The summed E-state index contributed by atoms with van der Waals surface area (Å²) in [6.45, 7) is 4.84. The molecule has 30 heavy (non-hydrogen) atoms. The number of hydrogen-bond acceptors (Lipinski definition) is 7. The van der Waals surface area contributed by atoms with Crippen molar-refractivity contribution in [1.29, 1.82) is 0 Å². The van der Waals surface area contributed by atoms with Crippen LogP contribution in [0, 0.1) is 6.92 Å². The van der Waals surface area contributed by atoms with Crippen molar-refractivity contribution in [2.24, 2.45) is 0 Å². The van der Waals surface area contributed by atoms with Gasteiger partial charge in [0.2, 0.25) is 5.75 Å². The molecule has 0 aliphatic carbocycles. The molecule has 0 radical (unpaired) electrons. The fraction of sp³-hybridized carbons (Fsp3) is 0.364. The van der Waals surface area contributed by atoms with Crippen LogP contribution >= 0.6 is 11.3 Å². The number of hydrogen-bond donors (Lipinski definition) is 0. The maximum absolute atomic E-state index is 13.1. The fourth-order valence-corrected chi connectivity index (χ4v) is 4.76. The Bertz CT molecular complexity index is 1050. The van der Waals surface area contributed by atoms with Gasteiger partial charge in [-0.1, -0.05) is 17.4 Å².